The van der Waals surface area contributed by atoms with Gasteiger partial charge in [0.2, 0.25) is 5.76 Å². The molecule has 8 atom stereocenters. The van der Waals surface area contributed by atoms with Crippen molar-refractivity contribution < 1.29 is 9.32 Å². The Morgan fingerprint density at radius 2 is 2.00 bits per heavy atom. The summed E-state index contributed by atoms with van der Waals surface area (Å²) in [5.41, 5.74) is 2.55. The molecule has 5 heteroatoms. The first-order chi connectivity index (χ1) is 15.3. The fourth-order valence-electron chi connectivity index (χ4n) is 9.44. The molecule has 1 aliphatic heterocycles. The molecule has 1 aromatic heterocycles. The maximum atomic E-state index is 12.8. The van der Waals surface area contributed by atoms with Gasteiger partial charge in [-0.05, 0) is 99.8 Å². The lowest BCUT2D eigenvalue weighted by Crippen LogP contribution is -2.53. The van der Waals surface area contributed by atoms with E-state index in [1.807, 2.05) is 11.9 Å². The lowest BCUT2D eigenvalue weighted by Gasteiger charge is -2.58. The number of hydrogen-bond donors (Lipinski definition) is 0. The fraction of sp³-hybridized carbons (Fsp3) is 0.778. The Morgan fingerprint density at radius 3 is 2.78 bits per heavy atom. The van der Waals surface area contributed by atoms with E-state index in [-0.39, 0.29) is 11.9 Å². The summed E-state index contributed by atoms with van der Waals surface area (Å²) in [5.74, 6) is 3.84. The van der Waals surface area contributed by atoms with Crippen molar-refractivity contribution in [1.82, 2.24) is 15.0 Å². The van der Waals surface area contributed by atoms with E-state index in [4.69, 9.17) is 4.52 Å². The highest BCUT2D eigenvalue weighted by Crippen LogP contribution is 2.68. The van der Waals surface area contributed by atoms with Crippen LogP contribution in [0.3, 0.4) is 0 Å². The maximum absolute atomic E-state index is 12.8. The number of hydrogen-bond acceptors (Lipinski definition) is 4. The second kappa shape index (κ2) is 7.19. The molecule has 3 saturated carbocycles. The summed E-state index contributed by atoms with van der Waals surface area (Å²) in [6.45, 7) is 6.38. The van der Waals surface area contributed by atoms with Gasteiger partial charge in [0.1, 0.15) is 0 Å². The van der Waals surface area contributed by atoms with E-state index in [0.717, 1.165) is 42.6 Å². The molecule has 1 spiro atoms. The monoisotopic (exact) mass is 437 g/mol. The second-order valence-electron chi connectivity index (χ2n) is 12.1. The van der Waals surface area contributed by atoms with Gasteiger partial charge in [0.15, 0.2) is 0 Å². The second-order valence-corrected chi connectivity index (χ2v) is 12.1. The molecular formula is C27H39N3O2. The number of carbonyl (C=O) groups excluding carboxylic acids is 1. The topological polar surface area (TPSA) is 49.6 Å². The predicted molar refractivity (Wildman–Crippen MR) is 124 cm³/mol. The van der Waals surface area contributed by atoms with E-state index in [0.29, 0.717) is 16.6 Å². The minimum absolute atomic E-state index is 0.0403. The molecule has 1 aromatic rings. The molecule has 8 unspecified atom stereocenters. The van der Waals surface area contributed by atoms with Gasteiger partial charge in [0, 0.05) is 31.7 Å². The van der Waals surface area contributed by atoms with Gasteiger partial charge >= 0.3 is 0 Å². The van der Waals surface area contributed by atoms with Gasteiger partial charge in [0.25, 0.3) is 5.91 Å². The van der Waals surface area contributed by atoms with Gasteiger partial charge in [0.05, 0.1) is 6.20 Å². The average molecular weight is 438 g/mol. The number of fused-ring (bicyclic) bond motifs is 4. The first-order valence-corrected chi connectivity index (χ1v) is 12.9. The largest absolute Gasteiger partial charge is 0.351 e. The van der Waals surface area contributed by atoms with Crippen LogP contribution in [0.15, 0.2) is 28.4 Å². The molecule has 32 heavy (non-hydrogen) atoms. The van der Waals surface area contributed by atoms with Crippen molar-refractivity contribution in [1.29, 1.82) is 0 Å². The number of allylic oxidation sites excluding steroid dienone is 1. The van der Waals surface area contributed by atoms with E-state index in [1.54, 1.807) is 17.8 Å². The molecule has 4 aliphatic carbocycles. The van der Waals surface area contributed by atoms with Crippen LogP contribution in [0.4, 0.5) is 0 Å². The first kappa shape index (κ1) is 20.9. The Morgan fingerprint density at radius 1 is 1.19 bits per heavy atom. The standard InChI is InChI=1S/C27H39N3O2/c1-17-21-7-8-23-20-6-5-18-15-19(30(4)25(31)24-11-14-28-32-24)9-12-26(18,2)22(20)10-13-27(21,23)16-29(17)3/h5,11,14,17,19-23H,6-10,12-13,15-16H2,1-4H3. The average Bonchev–Trinajstić information content (AvgIpc) is 3.49. The van der Waals surface area contributed by atoms with Crippen LogP contribution in [0.2, 0.25) is 0 Å². The summed E-state index contributed by atoms with van der Waals surface area (Å²) in [7, 11) is 4.30. The zero-order chi connectivity index (χ0) is 22.3. The summed E-state index contributed by atoms with van der Waals surface area (Å²) < 4.78 is 5.13. The number of nitrogens with zero attached hydrogens (tertiary/aromatic N) is 3. The lowest BCUT2D eigenvalue weighted by atomic mass is 9.47. The Bertz CT molecular complexity index is 925. The zero-order valence-corrected chi connectivity index (χ0v) is 20.2. The summed E-state index contributed by atoms with van der Waals surface area (Å²) in [5, 5.41) is 3.71. The van der Waals surface area contributed by atoms with Gasteiger partial charge in [-0.2, -0.15) is 0 Å². The van der Waals surface area contributed by atoms with Crippen LogP contribution in [0.1, 0.15) is 75.8 Å². The third kappa shape index (κ3) is 2.72. The third-order valence-electron chi connectivity index (χ3n) is 11.2. The fourth-order valence-corrected chi connectivity index (χ4v) is 9.44. The number of carbonyl (C=O) groups is 1. The van der Waals surface area contributed by atoms with E-state index in [2.05, 4.69) is 37.0 Å². The number of rotatable bonds is 2. The highest BCUT2D eigenvalue weighted by molar-refractivity contribution is 5.91. The number of amides is 1. The van der Waals surface area contributed by atoms with E-state index < -0.39 is 0 Å². The minimum Gasteiger partial charge on any atom is -0.351 e. The van der Waals surface area contributed by atoms with Crippen molar-refractivity contribution in [3.05, 3.63) is 29.7 Å². The van der Waals surface area contributed by atoms with E-state index in [1.165, 1.54) is 45.1 Å². The molecule has 0 aromatic carbocycles. The van der Waals surface area contributed by atoms with Crippen molar-refractivity contribution >= 4 is 5.91 Å². The van der Waals surface area contributed by atoms with Crippen LogP contribution in [0.25, 0.3) is 0 Å². The van der Waals surface area contributed by atoms with Crippen molar-refractivity contribution in [2.45, 2.75) is 77.3 Å². The van der Waals surface area contributed by atoms with E-state index in [9.17, 15) is 4.79 Å². The van der Waals surface area contributed by atoms with Crippen LogP contribution >= 0.6 is 0 Å². The molecule has 6 rings (SSSR count). The van der Waals surface area contributed by atoms with Crippen LogP contribution in [0.5, 0.6) is 0 Å². The smallest absolute Gasteiger partial charge is 0.292 e. The molecule has 174 valence electrons. The molecule has 5 aliphatic rings. The summed E-state index contributed by atoms with van der Waals surface area (Å²) in [4.78, 5) is 17.4. The molecule has 5 nitrogen and oxygen atoms in total. The lowest BCUT2D eigenvalue weighted by molar-refractivity contribution is -0.0431. The molecule has 2 heterocycles. The molecular weight excluding hydrogens is 398 g/mol. The zero-order valence-electron chi connectivity index (χ0n) is 20.2. The van der Waals surface area contributed by atoms with Crippen molar-refractivity contribution in [2.24, 2.45) is 34.5 Å². The van der Waals surface area contributed by atoms with Crippen LogP contribution in [-0.4, -0.2) is 53.6 Å². The molecule has 0 N–H and O–H groups in total. The Kier molecular flexibility index (Phi) is 4.71. The SMILES string of the molecule is CC1C2CCC3C4CC=C5CC(N(C)C(=O)c6ccno6)CCC5(C)C4CCC32CN1C. The third-order valence-corrected chi connectivity index (χ3v) is 11.2. The van der Waals surface area contributed by atoms with Crippen LogP contribution in [-0.2, 0) is 0 Å². The van der Waals surface area contributed by atoms with Gasteiger partial charge in [-0.1, -0.05) is 23.7 Å². The number of aromatic nitrogens is 1. The van der Waals surface area contributed by atoms with E-state index >= 15 is 0 Å². The molecule has 1 amide bonds. The molecule has 0 bridgehead atoms. The maximum Gasteiger partial charge on any atom is 0.292 e. The van der Waals surface area contributed by atoms with Crippen molar-refractivity contribution in [3.63, 3.8) is 0 Å². The summed E-state index contributed by atoms with van der Waals surface area (Å²) in [6.07, 6.45) is 14.5. The quantitative estimate of drug-likeness (QED) is 0.611. The summed E-state index contributed by atoms with van der Waals surface area (Å²) in [6, 6.07) is 2.69. The van der Waals surface area contributed by atoms with Gasteiger partial charge in [-0.3, -0.25) is 4.79 Å². The van der Waals surface area contributed by atoms with Crippen LogP contribution in [0, 0.1) is 34.5 Å². The minimum atomic E-state index is -0.0403. The van der Waals surface area contributed by atoms with Gasteiger partial charge in [-0.15, -0.1) is 0 Å². The number of likely N-dealkylation sites (tertiary alicyclic amines) is 1. The van der Waals surface area contributed by atoms with Gasteiger partial charge < -0.3 is 14.3 Å². The molecule has 1 saturated heterocycles. The van der Waals surface area contributed by atoms with Crippen molar-refractivity contribution in [3.8, 4) is 0 Å². The Labute approximate surface area is 192 Å². The van der Waals surface area contributed by atoms with Gasteiger partial charge in [-0.25, -0.2) is 0 Å². The Balaban J connectivity index is 1.23. The summed E-state index contributed by atoms with van der Waals surface area (Å²) >= 11 is 0. The normalized spacial score (nSPS) is 45.4. The molecule has 4 fully saturated rings. The first-order valence-electron chi connectivity index (χ1n) is 12.9. The Hall–Kier alpha value is -1.62. The van der Waals surface area contributed by atoms with Crippen LogP contribution < -0.4 is 0 Å². The molecule has 0 radical (unpaired) electrons. The van der Waals surface area contributed by atoms with Crippen molar-refractivity contribution in [2.75, 3.05) is 20.6 Å². The highest BCUT2D eigenvalue weighted by atomic mass is 16.5. The highest BCUT2D eigenvalue weighted by Gasteiger charge is 2.64. The predicted octanol–water partition coefficient (Wildman–Crippen LogP) is 5.01.